The number of hydrogen-bond acceptors (Lipinski definition) is 4. The Morgan fingerprint density at radius 1 is 1.14 bits per heavy atom. The first-order valence-corrected chi connectivity index (χ1v) is 9.44. The Labute approximate surface area is 168 Å². The number of aromatic carboxylic acids is 1. The molecule has 29 heavy (non-hydrogen) atoms. The number of allylic oxidation sites excluding steroid dienone is 1. The van der Waals surface area contributed by atoms with Crippen molar-refractivity contribution in [3.05, 3.63) is 86.8 Å². The number of carbonyl (C=O) groups excluding carboxylic acids is 1. The summed E-state index contributed by atoms with van der Waals surface area (Å²) in [5.41, 5.74) is 2.32. The summed E-state index contributed by atoms with van der Waals surface area (Å²) in [5, 5.41) is 9.74. The predicted octanol–water partition coefficient (Wildman–Crippen LogP) is 5.21. The molecular weight excluding hydrogens is 368 g/mol. The van der Waals surface area contributed by atoms with Gasteiger partial charge in [-0.2, -0.15) is 0 Å². The second-order valence-corrected chi connectivity index (χ2v) is 7.15. The van der Waals surface area contributed by atoms with Gasteiger partial charge >= 0.3 is 11.6 Å². The smallest absolute Gasteiger partial charge is 0.351 e. The first-order chi connectivity index (χ1) is 13.8. The van der Waals surface area contributed by atoms with Crippen LogP contribution in [-0.2, 0) is 0 Å². The number of rotatable bonds is 6. The fourth-order valence-electron chi connectivity index (χ4n) is 3.10. The van der Waals surface area contributed by atoms with Crippen LogP contribution in [-0.4, -0.2) is 16.9 Å². The molecule has 5 heteroatoms. The monoisotopic (exact) mass is 390 g/mol. The molecule has 148 valence electrons. The predicted molar refractivity (Wildman–Crippen MR) is 113 cm³/mol. The van der Waals surface area contributed by atoms with E-state index in [9.17, 15) is 19.5 Å². The highest BCUT2D eigenvalue weighted by atomic mass is 16.4. The van der Waals surface area contributed by atoms with E-state index in [1.165, 1.54) is 12.1 Å². The summed E-state index contributed by atoms with van der Waals surface area (Å²) in [5.74, 6) is -1.36. The third-order valence-corrected chi connectivity index (χ3v) is 5.02. The quantitative estimate of drug-likeness (QED) is 0.355. The minimum Gasteiger partial charge on any atom is -0.477 e. The molecule has 0 aliphatic carbocycles. The van der Waals surface area contributed by atoms with E-state index in [0.29, 0.717) is 16.5 Å². The number of carboxylic acid groups (broad SMARTS) is 1. The molecule has 0 aliphatic heterocycles. The van der Waals surface area contributed by atoms with Crippen molar-refractivity contribution in [3.8, 4) is 0 Å². The molecule has 5 nitrogen and oxygen atoms in total. The van der Waals surface area contributed by atoms with Crippen molar-refractivity contribution < 1.29 is 19.1 Å². The molecule has 2 aromatic carbocycles. The molecular formula is C24H22O5. The maximum absolute atomic E-state index is 12.4. The van der Waals surface area contributed by atoms with Crippen LogP contribution in [0.25, 0.3) is 17.0 Å². The molecule has 0 bridgehead atoms. The fraction of sp³-hybridized carbons (Fsp3) is 0.208. The van der Waals surface area contributed by atoms with E-state index < -0.39 is 17.2 Å². The molecule has 1 unspecified atom stereocenters. The van der Waals surface area contributed by atoms with Crippen molar-refractivity contribution in [2.45, 2.75) is 33.1 Å². The van der Waals surface area contributed by atoms with Crippen molar-refractivity contribution in [2.75, 3.05) is 0 Å². The fourth-order valence-corrected chi connectivity index (χ4v) is 3.10. The molecule has 0 amide bonds. The number of carbonyl (C=O) groups is 2. The van der Waals surface area contributed by atoms with Crippen LogP contribution in [0.3, 0.4) is 0 Å². The van der Waals surface area contributed by atoms with Gasteiger partial charge in [-0.25, -0.2) is 9.59 Å². The Morgan fingerprint density at radius 3 is 2.45 bits per heavy atom. The van der Waals surface area contributed by atoms with Gasteiger partial charge in [0, 0.05) is 10.9 Å². The van der Waals surface area contributed by atoms with E-state index >= 15 is 0 Å². The second-order valence-electron chi connectivity index (χ2n) is 7.15. The number of ketones is 1. The average Bonchev–Trinajstić information content (AvgIpc) is 2.70. The third kappa shape index (κ3) is 4.35. The Balaban J connectivity index is 2.08. The minimum absolute atomic E-state index is 0.0949. The number of hydrogen-bond donors (Lipinski definition) is 1. The van der Waals surface area contributed by atoms with Crippen molar-refractivity contribution in [3.63, 3.8) is 0 Å². The van der Waals surface area contributed by atoms with Crippen LogP contribution in [0.1, 0.15) is 63.6 Å². The normalized spacial score (nSPS) is 12.4. The van der Waals surface area contributed by atoms with Gasteiger partial charge < -0.3 is 9.52 Å². The van der Waals surface area contributed by atoms with Gasteiger partial charge in [-0.3, -0.25) is 4.79 Å². The lowest BCUT2D eigenvalue weighted by atomic mass is 9.93. The maximum Gasteiger partial charge on any atom is 0.351 e. The van der Waals surface area contributed by atoms with Gasteiger partial charge in [0.1, 0.15) is 11.1 Å². The van der Waals surface area contributed by atoms with Gasteiger partial charge in [0.15, 0.2) is 5.78 Å². The molecule has 0 fully saturated rings. The highest BCUT2D eigenvalue weighted by Crippen LogP contribution is 2.29. The zero-order valence-electron chi connectivity index (χ0n) is 16.6. The topological polar surface area (TPSA) is 84.6 Å². The molecule has 3 rings (SSSR count). The first kappa shape index (κ1) is 20.3. The SMILES string of the molecule is CCC(C)c1cc(C=CC(=O)c2ccc(C)cc2)cc2cc(C(=O)O)c(=O)oc12. The standard InChI is InChI=1S/C24H22O5/c1-4-15(3)19-12-16(7-10-21(25)17-8-5-14(2)6-9-17)11-18-13-20(23(26)27)24(28)29-22(18)19/h5-13,15H,4H2,1-3H3,(H,26,27). The van der Waals surface area contributed by atoms with Crippen LogP contribution in [0, 0.1) is 6.92 Å². The lowest BCUT2D eigenvalue weighted by molar-refractivity contribution is 0.0692. The summed E-state index contributed by atoms with van der Waals surface area (Å²) in [6.45, 7) is 5.98. The van der Waals surface area contributed by atoms with Gasteiger partial charge in [-0.05, 0) is 54.7 Å². The van der Waals surface area contributed by atoms with Gasteiger partial charge in [-0.1, -0.05) is 49.8 Å². The van der Waals surface area contributed by atoms with Gasteiger partial charge in [0.05, 0.1) is 0 Å². The molecule has 0 saturated carbocycles. The van der Waals surface area contributed by atoms with Crippen LogP contribution in [0.15, 0.2) is 57.8 Å². The highest BCUT2D eigenvalue weighted by Gasteiger charge is 2.17. The first-order valence-electron chi connectivity index (χ1n) is 9.44. The van der Waals surface area contributed by atoms with E-state index in [1.54, 1.807) is 24.3 Å². The number of carboxylic acids is 1. The highest BCUT2D eigenvalue weighted by molar-refractivity contribution is 6.07. The number of aryl methyl sites for hydroxylation is 1. The molecule has 0 saturated heterocycles. The second kappa shape index (κ2) is 8.27. The van der Waals surface area contributed by atoms with E-state index in [-0.39, 0.29) is 11.7 Å². The summed E-state index contributed by atoms with van der Waals surface area (Å²) >= 11 is 0. The van der Waals surface area contributed by atoms with E-state index in [1.807, 2.05) is 39.0 Å². The summed E-state index contributed by atoms with van der Waals surface area (Å²) in [6, 6.07) is 12.2. The number of fused-ring (bicyclic) bond motifs is 1. The largest absolute Gasteiger partial charge is 0.477 e. The van der Waals surface area contributed by atoms with Crippen LogP contribution in [0.2, 0.25) is 0 Å². The van der Waals surface area contributed by atoms with Crippen LogP contribution >= 0.6 is 0 Å². The van der Waals surface area contributed by atoms with E-state index in [2.05, 4.69) is 0 Å². The minimum atomic E-state index is -1.33. The Morgan fingerprint density at radius 2 is 1.83 bits per heavy atom. The molecule has 1 aromatic heterocycles. The van der Waals surface area contributed by atoms with Gasteiger partial charge in [0.2, 0.25) is 0 Å². The van der Waals surface area contributed by atoms with Gasteiger partial charge in [0.25, 0.3) is 0 Å². The van der Waals surface area contributed by atoms with Crippen LogP contribution < -0.4 is 5.63 Å². The molecule has 1 atom stereocenters. The Kier molecular flexibility index (Phi) is 5.78. The van der Waals surface area contributed by atoms with Crippen LogP contribution in [0.4, 0.5) is 0 Å². The van der Waals surface area contributed by atoms with Crippen molar-refractivity contribution in [2.24, 2.45) is 0 Å². The van der Waals surface area contributed by atoms with Crippen molar-refractivity contribution in [1.82, 2.24) is 0 Å². The average molecular weight is 390 g/mol. The Hall–Kier alpha value is -3.47. The molecule has 1 N–H and O–H groups in total. The summed E-state index contributed by atoms with van der Waals surface area (Å²) < 4.78 is 5.34. The molecule has 0 radical (unpaired) electrons. The van der Waals surface area contributed by atoms with Crippen LogP contribution in [0.5, 0.6) is 0 Å². The maximum atomic E-state index is 12.4. The molecule has 0 aliphatic rings. The molecule has 1 heterocycles. The zero-order chi connectivity index (χ0) is 21.1. The Bertz CT molecular complexity index is 1170. The van der Waals surface area contributed by atoms with Gasteiger partial charge in [-0.15, -0.1) is 0 Å². The zero-order valence-corrected chi connectivity index (χ0v) is 16.6. The molecule has 0 spiro atoms. The summed E-state index contributed by atoms with van der Waals surface area (Å²) in [6.07, 6.45) is 4.00. The summed E-state index contributed by atoms with van der Waals surface area (Å²) in [4.78, 5) is 35.7. The van der Waals surface area contributed by atoms with E-state index in [4.69, 9.17) is 4.42 Å². The summed E-state index contributed by atoms with van der Waals surface area (Å²) in [7, 11) is 0. The van der Waals surface area contributed by atoms with Crippen molar-refractivity contribution >= 4 is 28.8 Å². The third-order valence-electron chi connectivity index (χ3n) is 5.02. The lowest BCUT2D eigenvalue weighted by Gasteiger charge is -2.13. The lowest BCUT2D eigenvalue weighted by Crippen LogP contribution is -2.13. The molecule has 3 aromatic rings. The van der Waals surface area contributed by atoms with Crippen molar-refractivity contribution in [1.29, 1.82) is 0 Å². The number of benzene rings is 2. The van der Waals surface area contributed by atoms with E-state index in [0.717, 1.165) is 23.1 Å².